The first-order chi connectivity index (χ1) is 15.9. The molecule has 1 atom stereocenters. The predicted octanol–water partition coefficient (Wildman–Crippen LogP) is 2.72. The largest absolute Gasteiger partial charge is 0.463 e. The lowest BCUT2D eigenvalue weighted by molar-refractivity contribution is -0.139. The van der Waals surface area contributed by atoms with Crippen molar-refractivity contribution in [3.8, 4) is 5.75 Å². The Kier molecular flexibility index (Phi) is 6.37. The minimum absolute atomic E-state index is 0.201. The van der Waals surface area contributed by atoms with Crippen LogP contribution in [0.3, 0.4) is 0 Å². The number of nitrogens with zero attached hydrogens (tertiary/aromatic N) is 2. The van der Waals surface area contributed by atoms with Crippen LogP contribution in [0.15, 0.2) is 75.7 Å². The molecule has 7 nitrogen and oxygen atoms in total. The van der Waals surface area contributed by atoms with Gasteiger partial charge in [0.25, 0.3) is 5.56 Å². The van der Waals surface area contributed by atoms with Gasteiger partial charge < -0.3 is 9.47 Å². The molecule has 0 N–H and O–H groups in total. The summed E-state index contributed by atoms with van der Waals surface area (Å²) in [6, 6.07) is 15.6. The molecule has 0 aliphatic carbocycles. The Balaban J connectivity index is 1.90. The van der Waals surface area contributed by atoms with Crippen molar-refractivity contribution in [3.05, 3.63) is 96.7 Å². The number of carbonyl (C=O) groups is 2. The van der Waals surface area contributed by atoms with Crippen LogP contribution in [0.4, 0.5) is 0 Å². The van der Waals surface area contributed by atoms with Gasteiger partial charge in [0.15, 0.2) is 4.80 Å². The van der Waals surface area contributed by atoms with Gasteiger partial charge in [0.05, 0.1) is 28.5 Å². The molecular formula is C25H22N2O5S. The van der Waals surface area contributed by atoms with E-state index in [0.29, 0.717) is 31.9 Å². The van der Waals surface area contributed by atoms with Crippen LogP contribution in [-0.4, -0.2) is 23.1 Å². The first-order valence-electron chi connectivity index (χ1n) is 10.4. The van der Waals surface area contributed by atoms with Crippen LogP contribution in [0.1, 0.15) is 37.9 Å². The summed E-state index contributed by atoms with van der Waals surface area (Å²) in [6.07, 6.45) is 1.81. The number of hydrogen-bond acceptors (Lipinski definition) is 7. The Morgan fingerprint density at radius 1 is 1.12 bits per heavy atom. The minimum Gasteiger partial charge on any atom is -0.463 e. The number of benzene rings is 2. The third-order valence-electron chi connectivity index (χ3n) is 5.07. The molecule has 1 aliphatic rings. The molecule has 0 saturated heterocycles. The van der Waals surface area contributed by atoms with Gasteiger partial charge in [-0.2, -0.15) is 0 Å². The van der Waals surface area contributed by atoms with Gasteiger partial charge in [0.1, 0.15) is 5.75 Å². The van der Waals surface area contributed by atoms with E-state index in [1.807, 2.05) is 36.4 Å². The number of aromatic nitrogens is 1. The van der Waals surface area contributed by atoms with E-state index in [-0.39, 0.29) is 12.2 Å². The maximum Gasteiger partial charge on any atom is 0.338 e. The number of rotatable bonds is 5. The molecule has 2 aromatic carbocycles. The summed E-state index contributed by atoms with van der Waals surface area (Å²) in [6.45, 7) is 4.99. The van der Waals surface area contributed by atoms with Crippen LogP contribution in [0.2, 0.25) is 0 Å². The van der Waals surface area contributed by atoms with Crippen molar-refractivity contribution in [1.82, 2.24) is 4.57 Å². The van der Waals surface area contributed by atoms with Gasteiger partial charge >= 0.3 is 11.9 Å². The van der Waals surface area contributed by atoms with E-state index in [9.17, 15) is 14.4 Å². The average molecular weight is 463 g/mol. The highest BCUT2D eigenvalue weighted by Crippen LogP contribution is 2.31. The summed E-state index contributed by atoms with van der Waals surface area (Å²) < 4.78 is 12.5. The summed E-state index contributed by atoms with van der Waals surface area (Å²) >= 11 is 1.27. The molecule has 33 heavy (non-hydrogen) atoms. The smallest absolute Gasteiger partial charge is 0.338 e. The molecule has 4 rings (SSSR count). The fourth-order valence-electron chi connectivity index (χ4n) is 3.69. The first kappa shape index (κ1) is 22.4. The van der Waals surface area contributed by atoms with E-state index in [4.69, 9.17) is 9.47 Å². The Morgan fingerprint density at radius 2 is 1.82 bits per heavy atom. The van der Waals surface area contributed by atoms with Crippen molar-refractivity contribution in [2.75, 3.05) is 6.61 Å². The standard InChI is InChI=1S/C25H22N2O5S/c1-4-31-24(30)21-15(2)26-25-27(22(21)18-10-12-19(13-11-18)32-16(3)28)23(29)20(33-25)14-17-8-6-5-7-9-17/h5-14,22H,4H2,1-3H3/b20-14+. The number of esters is 2. The quantitative estimate of drug-likeness (QED) is 0.430. The van der Waals surface area contributed by atoms with Crippen LogP contribution in [0.5, 0.6) is 5.75 Å². The van der Waals surface area contributed by atoms with Crippen molar-refractivity contribution >= 4 is 29.4 Å². The summed E-state index contributed by atoms with van der Waals surface area (Å²) in [7, 11) is 0. The second-order valence-corrected chi connectivity index (χ2v) is 8.38. The highest BCUT2D eigenvalue weighted by Gasteiger charge is 2.33. The molecule has 0 radical (unpaired) electrons. The van der Waals surface area contributed by atoms with Gasteiger partial charge in [0.2, 0.25) is 0 Å². The lowest BCUT2D eigenvalue weighted by Crippen LogP contribution is -2.39. The molecule has 0 saturated carbocycles. The van der Waals surface area contributed by atoms with Crippen LogP contribution >= 0.6 is 11.3 Å². The van der Waals surface area contributed by atoms with Gasteiger partial charge in [-0.25, -0.2) is 9.79 Å². The van der Waals surface area contributed by atoms with Gasteiger partial charge in [-0.15, -0.1) is 0 Å². The molecular weight excluding hydrogens is 440 g/mol. The van der Waals surface area contributed by atoms with Crippen molar-refractivity contribution in [1.29, 1.82) is 0 Å². The fraction of sp³-hybridized carbons (Fsp3) is 0.200. The minimum atomic E-state index is -0.718. The molecule has 168 valence electrons. The maximum atomic E-state index is 13.5. The summed E-state index contributed by atoms with van der Waals surface area (Å²) in [4.78, 5) is 42.7. The second-order valence-electron chi connectivity index (χ2n) is 7.38. The zero-order valence-corrected chi connectivity index (χ0v) is 19.2. The number of hydrogen-bond donors (Lipinski definition) is 0. The molecule has 0 amide bonds. The van der Waals surface area contributed by atoms with Crippen LogP contribution in [0.25, 0.3) is 6.08 Å². The van der Waals surface area contributed by atoms with Crippen molar-refractivity contribution in [2.24, 2.45) is 4.99 Å². The molecule has 0 spiro atoms. The Labute approximate surface area is 193 Å². The average Bonchev–Trinajstić information content (AvgIpc) is 3.08. The molecule has 2 heterocycles. The number of carbonyl (C=O) groups excluding carboxylic acids is 2. The first-order valence-corrected chi connectivity index (χ1v) is 11.2. The molecule has 1 aliphatic heterocycles. The van der Waals surface area contributed by atoms with Crippen LogP contribution in [0, 0.1) is 0 Å². The lowest BCUT2D eigenvalue weighted by Gasteiger charge is -2.24. The topological polar surface area (TPSA) is 87.0 Å². The maximum absolute atomic E-state index is 13.5. The summed E-state index contributed by atoms with van der Waals surface area (Å²) in [5, 5.41) is 0. The predicted molar refractivity (Wildman–Crippen MR) is 125 cm³/mol. The Bertz CT molecular complexity index is 1420. The van der Waals surface area contributed by atoms with Gasteiger partial charge in [0, 0.05) is 6.92 Å². The number of thiazole rings is 1. The van der Waals surface area contributed by atoms with Crippen LogP contribution in [-0.2, 0) is 14.3 Å². The van der Waals surface area contributed by atoms with Gasteiger partial charge in [-0.3, -0.25) is 14.2 Å². The highest BCUT2D eigenvalue weighted by molar-refractivity contribution is 7.07. The number of fused-ring (bicyclic) bond motifs is 1. The van der Waals surface area contributed by atoms with Crippen molar-refractivity contribution in [2.45, 2.75) is 26.8 Å². The SMILES string of the molecule is CCOC(=O)C1=C(C)N=c2s/c(=C/c3ccccc3)c(=O)n2C1c1ccc(OC(C)=O)cc1. The fourth-order valence-corrected chi connectivity index (χ4v) is 4.74. The molecule has 3 aromatic rings. The van der Waals surface area contributed by atoms with E-state index in [1.54, 1.807) is 38.1 Å². The highest BCUT2D eigenvalue weighted by atomic mass is 32.1. The number of allylic oxidation sites excluding steroid dienone is 1. The molecule has 0 fully saturated rings. The zero-order valence-electron chi connectivity index (χ0n) is 18.4. The normalized spacial score (nSPS) is 15.6. The van der Waals surface area contributed by atoms with Crippen LogP contribution < -0.4 is 19.6 Å². The third kappa shape index (κ3) is 4.56. The van der Waals surface area contributed by atoms with E-state index < -0.39 is 18.0 Å². The van der Waals surface area contributed by atoms with E-state index in [1.165, 1.54) is 22.8 Å². The molecule has 1 aromatic heterocycles. The molecule has 0 bridgehead atoms. The van der Waals surface area contributed by atoms with Gasteiger partial charge in [-0.1, -0.05) is 53.8 Å². The second kappa shape index (κ2) is 9.38. The van der Waals surface area contributed by atoms with E-state index in [0.717, 1.165) is 5.56 Å². The molecule has 1 unspecified atom stereocenters. The van der Waals surface area contributed by atoms with E-state index >= 15 is 0 Å². The summed E-state index contributed by atoms with van der Waals surface area (Å²) in [5.41, 5.74) is 2.12. The Hall–Kier alpha value is -3.78. The summed E-state index contributed by atoms with van der Waals surface area (Å²) in [5.74, 6) is -0.578. The lowest BCUT2D eigenvalue weighted by atomic mass is 9.96. The van der Waals surface area contributed by atoms with Gasteiger partial charge in [-0.05, 0) is 43.2 Å². The zero-order chi connectivity index (χ0) is 23.5. The Morgan fingerprint density at radius 3 is 2.45 bits per heavy atom. The van der Waals surface area contributed by atoms with Crippen molar-refractivity contribution in [3.63, 3.8) is 0 Å². The van der Waals surface area contributed by atoms with E-state index in [2.05, 4.69) is 4.99 Å². The third-order valence-corrected chi connectivity index (χ3v) is 6.05. The number of ether oxygens (including phenoxy) is 2. The molecule has 8 heteroatoms. The monoisotopic (exact) mass is 462 g/mol. The van der Waals surface area contributed by atoms with Crippen molar-refractivity contribution < 1.29 is 19.1 Å².